The Hall–Kier alpha value is -3.47. The molecule has 4 aromatic rings. The van der Waals surface area contributed by atoms with E-state index in [-0.39, 0.29) is 17.6 Å². The van der Waals surface area contributed by atoms with E-state index in [2.05, 4.69) is 25.4 Å². The third kappa shape index (κ3) is 4.57. The maximum absolute atomic E-state index is 12.7. The Labute approximate surface area is 172 Å². The average molecular weight is 430 g/mol. The minimum Gasteiger partial charge on any atom is -0.292 e. The number of hydrogen-bond donors (Lipinski definition) is 1. The SMILES string of the molecule is O=C(CSc1ncccn1)Nc1nc2ccc(-c3ccc(C(F)(F)F)cc3)cn2n1. The lowest BCUT2D eigenvalue weighted by atomic mass is 10.1. The summed E-state index contributed by atoms with van der Waals surface area (Å²) in [4.78, 5) is 24.4. The Balaban J connectivity index is 1.46. The highest BCUT2D eigenvalue weighted by Crippen LogP contribution is 2.31. The summed E-state index contributed by atoms with van der Waals surface area (Å²) in [6, 6.07) is 9.92. The third-order valence-corrected chi connectivity index (χ3v) is 4.88. The average Bonchev–Trinajstić information content (AvgIpc) is 3.14. The van der Waals surface area contributed by atoms with Gasteiger partial charge in [-0.05, 0) is 35.9 Å². The van der Waals surface area contributed by atoms with Crippen LogP contribution >= 0.6 is 11.8 Å². The van der Waals surface area contributed by atoms with Gasteiger partial charge in [-0.1, -0.05) is 23.9 Å². The van der Waals surface area contributed by atoms with E-state index >= 15 is 0 Å². The van der Waals surface area contributed by atoms with Crippen LogP contribution in [0.5, 0.6) is 0 Å². The van der Waals surface area contributed by atoms with Crippen molar-refractivity contribution in [1.82, 2.24) is 24.6 Å². The largest absolute Gasteiger partial charge is 0.416 e. The fraction of sp³-hybridized carbons (Fsp3) is 0.105. The number of hydrogen-bond acceptors (Lipinski definition) is 6. The molecule has 30 heavy (non-hydrogen) atoms. The van der Waals surface area contributed by atoms with Crippen LogP contribution in [0.2, 0.25) is 0 Å². The van der Waals surface area contributed by atoms with Crippen LogP contribution in [0, 0.1) is 0 Å². The van der Waals surface area contributed by atoms with E-state index in [1.807, 2.05) is 0 Å². The topological polar surface area (TPSA) is 85.1 Å². The number of carbonyl (C=O) groups excluding carboxylic acids is 1. The summed E-state index contributed by atoms with van der Waals surface area (Å²) in [5.74, 6) is -0.0958. The second kappa shape index (κ2) is 8.11. The molecule has 1 N–H and O–H groups in total. The van der Waals surface area contributed by atoms with Crippen molar-refractivity contribution in [3.8, 4) is 11.1 Å². The number of carbonyl (C=O) groups is 1. The standard InChI is InChI=1S/C19H13F3N6OS/c20-19(21,22)14-5-2-12(3-6-14)13-4-7-15-25-17(27-28(15)10-13)26-16(29)11-30-18-23-8-1-9-24-18/h1-10H,11H2,(H,26,27,29). The van der Waals surface area contributed by atoms with Crippen molar-refractivity contribution in [2.24, 2.45) is 0 Å². The van der Waals surface area contributed by atoms with Gasteiger partial charge in [-0.25, -0.2) is 14.5 Å². The molecule has 1 aromatic carbocycles. The van der Waals surface area contributed by atoms with E-state index in [1.54, 1.807) is 36.8 Å². The van der Waals surface area contributed by atoms with Gasteiger partial charge < -0.3 is 0 Å². The van der Waals surface area contributed by atoms with Crippen molar-refractivity contribution in [3.05, 3.63) is 66.6 Å². The van der Waals surface area contributed by atoms with Gasteiger partial charge in [0.1, 0.15) is 0 Å². The Morgan fingerprint density at radius 3 is 2.43 bits per heavy atom. The number of nitrogens with zero attached hydrogens (tertiary/aromatic N) is 5. The van der Waals surface area contributed by atoms with Gasteiger partial charge in [-0.2, -0.15) is 18.2 Å². The molecule has 0 bridgehead atoms. The first-order chi connectivity index (χ1) is 14.4. The van der Waals surface area contributed by atoms with Crippen molar-refractivity contribution in [2.45, 2.75) is 11.3 Å². The molecule has 11 heteroatoms. The van der Waals surface area contributed by atoms with Gasteiger partial charge in [0, 0.05) is 24.2 Å². The zero-order chi connectivity index (χ0) is 21.1. The first-order valence-corrected chi connectivity index (χ1v) is 9.61. The van der Waals surface area contributed by atoms with Crippen LogP contribution in [0.25, 0.3) is 16.8 Å². The van der Waals surface area contributed by atoms with Crippen LogP contribution in [0.4, 0.5) is 19.1 Å². The third-order valence-electron chi connectivity index (χ3n) is 4.00. The van der Waals surface area contributed by atoms with Gasteiger partial charge in [-0.3, -0.25) is 10.1 Å². The van der Waals surface area contributed by atoms with Crippen molar-refractivity contribution in [2.75, 3.05) is 11.1 Å². The molecule has 0 aliphatic carbocycles. The highest BCUT2D eigenvalue weighted by atomic mass is 32.2. The van der Waals surface area contributed by atoms with Gasteiger partial charge in [0.25, 0.3) is 0 Å². The van der Waals surface area contributed by atoms with E-state index in [4.69, 9.17) is 0 Å². The molecule has 3 aromatic heterocycles. The molecule has 0 aliphatic heterocycles. The molecule has 0 atom stereocenters. The van der Waals surface area contributed by atoms with Crippen LogP contribution in [-0.2, 0) is 11.0 Å². The van der Waals surface area contributed by atoms with Crippen molar-refractivity contribution >= 4 is 29.3 Å². The molecule has 0 spiro atoms. The number of fused-ring (bicyclic) bond motifs is 1. The molecule has 1 amide bonds. The highest BCUT2D eigenvalue weighted by Gasteiger charge is 2.29. The van der Waals surface area contributed by atoms with Crippen LogP contribution in [0.15, 0.2) is 66.2 Å². The van der Waals surface area contributed by atoms with Crippen molar-refractivity contribution in [1.29, 1.82) is 0 Å². The molecule has 152 valence electrons. The number of benzene rings is 1. The Kier molecular flexibility index (Phi) is 5.36. The maximum atomic E-state index is 12.7. The summed E-state index contributed by atoms with van der Waals surface area (Å²) < 4.78 is 39.6. The molecule has 0 unspecified atom stereocenters. The van der Waals surface area contributed by atoms with Gasteiger partial charge in [0.05, 0.1) is 11.3 Å². The van der Waals surface area contributed by atoms with Crippen LogP contribution in [-0.4, -0.2) is 36.2 Å². The number of alkyl halides is 3. The normalized spacial score (nSPS) is 11.6. The minimum absolute atomic E-state index is 0.0936. The van der Waals surface area contributed by atoms with E-state index in [0.717, 1.165) is 12.1 Å². The van der Waals surface area contributed by atoms with Gasteiger partial charge in [0.2, 0.25) is 11.9 Å². The Morgan fingerprint density at radius 2 is 1.73 bits per heavy atom. The molecular weight excluding hydrogens is 417 g/mol. The number of thioether (sulfide) groups is 1. The second-order valence-electron chi connectivity index (χ2n) is 6.10. The smallest absolute Gasteiger partial charge is 0.292 e. The van der Waals surface area contributed by atoms with Crippen LogP contribution in [0.1, 0.15) is 5.56 Å². The molecule has 4 rings (SSSR count). The fourth-order valence-corrected chi connectivity index (χ4v) is 3.21. The van der Waals surface area contributed by atoms with Crippen molar-refractivity contribution < 1.29 is 18.0 Å². The monoisotopic (exact) mass is 430 g/mol. The maximum Gasteiger partial charge on any atom is 0.416 e. The number of anilines is 1. The predicted molar refractivity (Wildman–Crippen MR) is 105 cm³/mol. The second-order valence-corrected chi connectivity index (χ2v) is 7.04. The zero-order valence-electron chi connectivity index (χ0n) is 15.2. The summed E-state index contributed by atoms with van der Waals surface area (Å²) in [6.07, 6.45) is 0.426. The lowest BCUT2D eigenvalue weighted by Gasteiger charge is -2.07. The first kappa shape index (κ1) is 19.8. The number of amides is 1. The Morgan fingerprint density at radius 1 is 1.03 bits per heavy atom. The molecule has 0 radical (unpaired) electrons. The lowest BCUT2D eigenvalue weighted by molar-refractivity contribution is -0.137. The molecular formula is C19H13F3N6OS. The summed E-state index contributed by atoms with van der Waals surface area (Å²) in [5, 5.41) is 7.29. The van der Waals surface area contributed by atoms with Crippen molar-refractivity contribution in [3.63, 3.8) is 0 Å². The number of aromatic nitrogens is 5. The molecule has 7 nitrogen and oxygen atoms in total. The molecule has 0 fully saturated rings. The summed E-state index contributed by atoms with van der Waals surface area (Å²) in [6.45, 7) is 0. The first-order valence-electron chi connectivity index (χ1n) is 8.62. The Bertz CT molecular complexity index is 1180. The molecule has 3 heterocycles. The predicted octanol–water partition coefficient (Wildman–Crippen LogP) is 3.94. The van der Waals surface area contributed by atoms with E-state index in [0.29, 0.717) is 21.9 Å². The van der Waals surface area contributed by atoms with Crippen LogP contribution < -0.4 is 5.32 Å². The molecule has 0 saturated heterocycles. The fourth-order valence-electron chi connectivity index (χ4n) is 2.61. The lowest BCUT2D eigenvalue weighted by Crippen LogP contribution is -2.15. The number of nitrogens with one attached hydrogen (secondary N) is 1. The van der Waals surface area contributed by atoms with Gasteiger partial charge in [-0.15, -0.1) is 5.10 Å². The zero-order valence-corrected chi connectivity index (χ0v) is 16.0. The van der Waals surface area contributed by atoms with Gasteiger partial charge in [0.15, 0.2) is 10.8 Å². The van der Waals surface area contributed by atoms with E-state index in [9.17, 15) is 18.0 Å². The quantitative estimate of drug-likeness (QED) is 0.381. The molecule has 0 saturated carbocycles. The summed E-state index contributed by atoms with van der Waals surface area (Å²) >= 11 is 1.18. The number of pyridine rings is 1. The van der Waals surface area contributed by atoms with Gasteiger partial charge >= 0.3 is 6.18 Å². The summed E-state index contributed by atoms with van der Waals surface area (Å²) in [7, 11) is 0. The molecule has 0 aliphatic rings. The highest BCUT2D eigenvalue weighted by molar-refractivity contribution is 7.99. The number of rotatable bonds is 5. The number of halogens is 3. The van der Waals surface area contributed by atoms with E-state index < -0.39 is 11.7 Å². The summed E-state index contributed by atoms with van der Waals surface area (Å²) in [5.41, 5.74) is 1.04. The van der Waals surface area contributed by atoms with Crippen LogP contribution in [0.3, 0.4) is 0 Å². The minimum atomic E-state index is -4.38. The van der Waals surface area contributed by atoms with E-state index in [1.165, 1.54) is 28.4 Å².